The lowest BCUT2D eigenvalue weighted by molar-refractivity contribution is 0.198. The van der Waals surface area contributed by atoms with Crippen molar-refractivity contribution >= 4 is 0 Å². The molecule has 4 heteroatoms. The molecule has 1 aromatic heterocycles. The van der Waals surface area contributed by atoms with Crippen LogP contribution in [0.3, 0.4) is 0 Å². The Hall–Kier alpha value is -2.59. The molecule has 0 bridgehead atoms. The SMILES string of the molecule is c1ccc(Oc2cccc(CN3CCCC(c4ccn[nH]4)C3)c2)cc1. The summed E-state index contributed by atoms with van der Waals surface area (Å²) >= 11 is 0. The van der Waals surface area contributed by atoms with Crippen LogP contribution in [0, 0.1) is 0 Å². The van der Waals surface area contributed by atoms with E-state index in [1.54, 1.807) is 0 Å². The van der Waals surface area contributed by atoms with Gasteiger partial charge in [0.2, 0.25) is 0 Å². The molecular formula is C21H23N3O. The van der Waals surface area contributed by atoms with Gasteiger partial charge < -0.3 is 4.74 Å². The Labute approximate surface area is 148 Å². The summed E-state index contributed by atoms with van der Waals surface area (Å²) in [5, 5.41) is 7.23. The first kappa shape index (κ1) is 15.9. The average molecular weight is 333 g/mol. The third-order valence-corrected chi connectivity index (χ3v) is 4.75. The lowest BCUT2D eigenvalue weighted by Crippen LogP contribution is -2.34. The van der Waals surface area contributed by atoms with Crippen LogP contribution in [0.1, 0.15) is 30.0 Å². The van der Waals surface area contributed by atoms with Crippen molar-refractivity contribution in [3.63, 3.8) is 0 Å². The van der Waals surface area contributed by atoms with Gasteiger partial charge in [0.15, 0.2) is 0 Å². The molecule has 0 aliphatic carbocycles. The number of H-pyrrole nitrogens is 1. The van der Waals surface area contributed by atoms with Crippen molar-refractivity contribution in [2.45, 2.75) is 25.3 Å². The molecule has 1 atom stereocenters. The van der Waals surface area contributed by atoms with E-state index in [0.29, 0.717) is 5.92 Å². The molecule has 2 aromatic carbocycles. The Kier molecular flexibility index (Phi) is 4.79. The molecule has 128 valence electrons. The van der Waals surface area contributed by atoms with E-state index in [4.69, 9.17) is 4.74 Å². The number of likely N-dealkylation sites (tertiary alicyclic amines) is 1. The van der Waals surface area contributed by atoms with Gasteiger partial charge in [0.1, 0.15) is 11.5 Å². The van der Waals surface area contributed by atoms with E-state index in [1.807, 2.05) is 42.6 Å². The fourth-order valence-electron chi connectivity index (χ4n) is 3.54. The van der Waals surface area contributed by atoms with E-state index in [2.05, 4.69) is 39.4 Å². The first-order valence-electron chi connectivity index (χ1n) is 8.90. The lowest BCUT2D eigenvalue weighted by atomic mass is 9.94. The number of hydrogen-bond donors (Lipinski definition) is 1. The zero-order chi connectivity index (χ0) is 16.9. The Morgan fingerprint density at radius 3 is 2.76 bits per heavy atom. The van der Waals surface area contributed by atoms with Crippen LogP contribution in [0.2, 0.25) is 0 Å². The number of nitrogens with zero attached hydrogens (tertiary/aromatic N) is 2. The van der Waals surface area contributed by atoms with Crippen LogP contribution < -0.4 is 4.74 Å². The normalized spacial score (nSPS) is 18.2. The number of ether oxygens (including phenoxy) is 1. The Morgan fingerprint density at radius 2 is 1.92 bits per heavy atom. The van der Waals surface area contributed by atoms with Gasteiger partial charge in [0, 0.05) is 30.9 Å². The number of nitrogens with one attached hydrogen (secondary N) is 1. The highest BCUT2D eigenvalue weighted by atomic mass is 16.5. The minimum Gasteiger partial charge on any atom is -0.457 e. The van der Waals surface area contributed by atoms with Crippen LogP contribution in [0.25, 0.3) is 0 Å². The van der Waals surface area contributed by atoms with Gasteiger partial charge in [-0.15, -0.1) is 0 Å². The first-order chi connectivity index (χ1) is 12.4. The quantitative estimate of drug-likeness (QED) is 0.743. The van der Waals surface area contributed by atoms with Crippen LogP contribution in [-0.2, 0) is 6.54 Å². The summed E-state index contributed by atoms with van der Waals surface area (Å²) in [5.41, 5.74) is 2.55. The van der Waals surface area contributed by atoms with Crippen molar-refractivity contribution in [2.75, 3.05) is 13.1 Å². The molecule has 4 rings (SSSR count). The van der Waals surface area contributed by atoms with Gasteiger partial charge in [-0.3, -0.25) is 10.00 Å². The number of para-hydroxylation sites is 1. The van der Waals surface area contributed by atoms with Gasteiger partial charge in [0.25, 0.3) is 0 Å². The van der Waals surface area contributed by atoms with Crippen LogP contribution >= 0.6 is 0 Å². The van der Waals surface area contributed by atoms with Crippen molar-refractivity contribution in [3.8, 4) is 11.5 Å². The number of piperidine rings is 1. The molecule has 3 aromatic rings. The molecule has 1 aliphatic heterocycles. The predicted octanol–water partition coefficient (Wildman–Crippen LogP) is 4.58. The zero-order valence-electron chi connectivity index (χ0n) is 14.3. The molecule has 1 N–H and O–H groups in total. The van der Waals surface area contributed by atoms with Crippen LogP contribution in [0.4, 0.5) is 0 Å². The largest absolute Gasteiger partial charge is 0.457 e. The number of rotatable bonds is 5. The maximum absolute atomic E-state index is 5.96. The molecule has 1 fully saturated rings. The van der Waals surface area contributed by atoms with E-state index >= 15 is 0 Å². The Bertz CT molecular complexity index is 786. The summed E-state index contributed by atoms with van der Waals surface area (Å²) in [5.74, 6) is 2.32. The van der Waals surface area contributed by atoms with Gasteiger partial charge in [-0.2, -0.15) is 5.10 Å². The first-order valence-corrected chi connectivity index (χ1v) is 8.90. The molecule has 0 amide bonds. The summed E-state index contributed by atoms with van der Waals surface area (Å²) < 4.78 is 5.96. The van der Waals surface area contributed by atoms with E-state index in [9.17, 15) is 0 Å². The fraction of sp³-hybridized carbons (Fsp3) is 0.286. The van der Waals surface area contributed by atoms with Crippen LogP contribution in [0.5, 0.6) is 11.5 Å². The topological polar surface area (TPSA) is 41.1 Å². The van der Waals surface area contributed by atoms with Crippen molar-refractivity contribution < 1.29 is 4.74 Å². The van der Waals surface area contributed by atoms with Gasteiger partial charge in [-0.05, 0) is 55.3 Å². The average Bonchev–Trinajstić information content (AvgIpc) is 3.18. The van der Waals surface area contributed by atoms with Gasteiger partial charge in [-0.25, -0.2) is 0 Å². The molecule has 25 heavy (non-hydrogen) atoms. The molecule has 0 spiro atoms. The third-order valence-electron chi connectivity index (χ3n) is 4.75. The Morgan fingerprint density at radius 1 is 1.04 bits per heavy atom. The number of aromatic nitrogens is 2. The highest BCUT2D eigenvalue weighted by Gasteiger charge is 2.22. The van der Waals surface area contributed by atoms with E-state index in [-0.39, 0.29) is 0 Å². The highest BCUT2D eigenvalue weighted by Crippen LogP contribution is 2.27. The van der Waals surface area contributed by atoms with Crippen molar-refractivity contribution in [3.05, 3.63) is 78.1 Å². The summed E-state index contributed by atoms with van der Waals surface area (Å²) in [6, 6.07) is 20.4. The molecule has 0 saturated carbocycles. The second-order valence-corrected chi connectivity index (χ2v) is 6.65. The number of hydrogen-bond acceptors (Lipinski definition) is 3. The summed E-state index contributed by atoms with van der Waals surface area (Å²) in [4.78, 5) is 2.52. The van der Waals surface area contributed by atoms with Crippen LogP contribution in [-0.4, -0.2) is 28.2 Å². The highest BCUT2D eigenvalue weighted by molar-refractivity contribution is 5.33. The molecule has 4 nitrogen and oxygen atoms in total. The maximum atomic E-state index is 5.96. The Balaban J connectivity index is 1.41. The van der Waals surface area contributed by atoms with E-state index in [1.165, 1.54) is 24.1 Å². The van der Waals surface area contributed by atoms with Crippen LogP contribution in [0.15, 0.2) is 66.9 Å². The minimum atomic E-state index is 0.556. The van der Waals surface area contributed by atoms with Gasteiger partial charge in [-0.1, -0.05) is 30.3 Å². The maximum Gasteiger partial charge on any atom is 0.127 e. The summed E-state index contributed by atoms with van der Waals surface area (Å²) in [6.07, 6.45) is 4.30. The van der Waals surface area contributed by atoms with E-state index in [0.717, 1.165) is 31.1 Å². The predicted molar refractivity (Wildman–Crippen MR) is 98.8 cm³/mol. The molecule has 1 saturated heterocycles. The summed E-state index contributed by atoms with van der Waals surface area (Å²) in [7, 11) is 0. The monoisotopic (exact) mass is 333 g/mol. The lowest BCUT2D eigenvalue weighted by Gasteiger charge is -2.32. The van der Waals surface area contributed by atoms with Gasteiger partial charge in [0.05, 0.1) is 0 Å². The smallest absolute Gasteiger partial charge is 0.127 e. The standard InChI is InChI=1S/C21H23N3O/c1-2-8-19(9-3-1)25-20-10-4-6-17(14-20)15-24-13-5-7-18(16-24)21-11-12-22-23-21/h1-4,6,8-12,14,18H,5,7,13,15-16H2,(H,22,23). The third kappa shape index (κ3) is 4.09. The molecule has 0 radical (unpaired) electrons. The fourth-order valence-corrected chi connectivity index (χ4v) is 3.54. The molecule has 1 unspecified atom stereocenters. The second-order valence-electron chi connectivity index (χ2n) is 6.65. The molecular weight excluding hydrogens is 310 g/mol. The second kappa shape index (κ2) is 7.53. The van der Waals surface area contributed by atoms with Crippen molar-refractivity contribution in [1.29, 1.82) is 0 Å². The number of benzene rings is 2. The molecule has 2 heterocycles. The van der Waals surface area contributed by atoms with Crippen molar-refractivity contribution in [1.82, 2.24) is 15.1 Å². The van der Waals surface area contributed by atoms with Crippen molar-refractivity contribution in [2.24, 2.45) is 0 Å². The summed E-state index contributed by atoms with van der Waals surface area (Å²) in [6.45, 7) is 3.18. The van der Waals surface area contributed by atoms with Gasteiger partial charge >= 0.3 is 0 Å². The van der Waals surface area contributed by atoms with E-state index < -0.39 is 0 Å². The molecule has 1 aliphatic rings. The minimum absolute atomic E-state index is 0.556. The number of aromatic amines is 1. The zero-order valence-corrected chi connectivity index (χ0v) is 14.3.